The van der Waals surface area contributed by atoms with E-state index in [-0.39, 0.29) is 23.7 Å². The van der Waals surface area contributed by atoms with Crippen LogP contribution in [0.4, 0.5) is 16.2 Å². The zero-order valence-corrected chi connectivity index (χ0v) is 18.6. The Bertz CT molecular complexity index is 1060. The molecule has 4 rings (SSSR count). The molecule has 0 unspecified atom stereocenters. The molecule has 32 heavy (non-hydrogen) atoms. The molecule has 7 heteroatoms. The van der Waals surface area contributed by atoms with Crippen LogP contribution in [0, 0.1) is 11.7 Å². The Kier molecular flexibility index (Phi) is 6.83. The number of rotatable bonds is 7. The highest BCUT2D eigenvalue weighted by atomic mass is 19.1. The standard InChI is InChI=1S/C25H30FN5O/c1-31(2)23-21-5-3-4-6-22(21)29-25(30-23)28-20-13-9-18(10-14-20)24(32)27-16-15-17-7-11-19(26)12-8-17/h3-8,11-12,18,20H,9-10,13-16H2,1-2H3,(H,27,32)(H,28,29,30). The molecular formula is C25H30FN5O. The molecular weight excluding hydrogens is 405 g/mol. The van der Waals surface area contributed by atoms with Gasteiger partial charge in [-0.05, 0) is 61.9 Å². The smallest absolute Gasteiger partial charge is 0.225 e. The number of hydrogen-bond acceptors (Lipinski definition) is 5. The van der Waals surface area contributed by atoms with Gasteiger partial charge in [-0.15, -0.1) is 0 Å². The van der Waals surface area contributed by atoms with Crippen LogP contribution in [0.1, 0.15) is 31.2 Å². The predicted molar refractivity (Wildman–Crippen MR) is 126 cm³/mol. The first kappa shape index (κ1) is 22.0. The molecule has 2 aromatic carbocycles. The maximum Gasteiger partial charge on any atom is 0.225 e. The third-order valence-electron chi connectivity index (χ3n) is 6.06. The lowest BCUT2D eigenvalue weighted by atomic mass is 9.85. The molecule has 6 nitrogen and oxygen atoms in total. The summed E-state index contributed by atoms with van der Waals surface area (Å²) in [5, 5.41) is 7.55. The SMILES string of the molecule is CN(C)c1nc(NC2CCC(C(=O)NCCc3ccc(F)cc3)CC2)nc2ccccc12. The van der Waals surface area contributed by atoms with Gasteiger partial charge in [0.15, 0.2) is 0 Å². The highest BCUT2D eigenvalue weighted by Crippen LogP contribution is 2.28. The Morgan fingerprint density at radius 2 is 1.75 bits per heavy atom. The van der Waals surface area contributed by atoms with Crippen LogP contribution >= 0.6 is 0 Å². The van der Waals surface area contributed by atoms with Crippen molar-refractivity contribution in [2.75, 3.05) is 30.9 Å². The zero-order valence-electron chi connectivity index (χ0n) is 18.6. The molecule has 1 heterocycles. The number of carbonyl (C=O) groups excluding carboxylic acids is 1. The van der Waals surface area contributed by atoms with Gasteiger partial charge in [-0.25, -0.2) is 9.37 Å². The van der Waals surface area contributed by atoms with Gasteiger partial charge in [-0.3, -0.25) is 4.79 Å². The number of para-hydroxylation sites is 1. The normalized spacial score (nSPS) is 18.3. The van der Waals surface area contributed by atoms with E-state index in [4.69, 9.17) is 4.98 Å². The molecule has 3 aromatic rings. The van der Waals surface area contributed by atoms with Crippen LogP contribution in [0.5, 0.6) is 0 Å². The predicted octanol–water partition coefficient (Wildman–Crippen LogP) is 4.16. The second-order valence-corrected chi connectivity index (χ2v) is 8.64. The molecule has 1 saturated carbocycles. The van der Waals surface area contributed by atoms with E-state index in [9.17, 15) is 9.18 Å². The number of nitrogens with zero attached hydrogens (tertiary/aromatic N) is 3. The Balaban J connectivity index is 1.28. The summed E-state index contributed by atoms with van der Waals surface area (Å²) in [5.74, 6) is 1.45. The first-order valence-electron chi connectivity index (χ1n) is 11.2. The monoisotopic (exact) mass is 435 g/mol. The van der Waals surface area contributed by atoms with Crippen LogP contribution in [-0.4, -0.2) is 42.6 Å². The van der Waals surface area contributed by atoms with Gasteiger partial charge in [-0.2, -0.15) is 4.98 Å². The molecule has 0 spiro atoms. The highest BCUT2D eigenvalue weighted by molar-refractivity contribution is 5.90. The second kappa shape index (κ2) is 9.94. The summed E-state index contributed by atoms with van der Waals surface area (Å²) < 4.78 is 13.0. The Hall–Kier alpha value is -3.22. The van der Waals surface area contributed by atoms with Gasteiger partial charge >= 0.3 is 0 Å². The minimum Gasteiger partial charge on any atom is -0.362 e. The van der Waals surface area contributed by atoms with Crippen LogP contribution in [-0.2, 0) is 11.2 Å². The van der Waals surface area contributed by atoms with Crippen molar-refractivity contribution in [2.45, 2.75) is 38.1 Å². The second-order valence-electron chi connectivity index (χ2n) is 8.64. The Morgan fingerprint density at radius 3 is 2.47 bits per heavy atom. The largest absolute Gasteiger partial charge is 0.362 e. The van der Waals surface area contributed by atoms with Crippen LogP contribution in [0.15, 0.2) is 48.5 Å². The summed E-state index contributed by atoms with van der Waals surface area (Å²) in [6.45, 7) is 0.570. The van der Waals surface area contributed by atoms with E-state index in [0.717, 1.165) is 48.0 Å². The molecule has 1 fully saturated rings. The van der Waals surface area contributed by atoms with Crippen LogP contribution in [0.25, 0.3) is 10.9 Å². The summed E-state index contributed by atoms with van der Waals surface area (Å²) in [5.41, 5.74) is 1.94. The molecule has 1 aliphatic rings. The maximum absolute atomic E-state index is 13.0. The van der Waals surface area contributed by atoms with Gasteiger partial charge in [0.05, 0.1) is 5.52 Å². The first-order chi connectivity index (χ1) is 15.5. The fourth-order valence-corrected chi connectivity index (χ4v) is 4.27. The van der Waals surface area contributed by atoms with Gasteiger partial charge in [0, 0.05) is 38.0 Å². The van der Waals surface area contributed by atoms with Gasteiger partial charge < -0.3 is 15.5 Å². The van der Waals surface area contributed by atoms with Crippen molar-refractivity contribution in [1.29, 1.82) is 0 Å². The lowest BCUT2D eigenvalue weighted by Crippen LogP contribution is -2.37. The van der Waals surface area contributed by atoms with Gasteiger partial charge in [0.1, 0.15) is 11.6 Å². The average Bonchev–Trinajstić information content (AvgIpc) is 2.80. The number of amides is 1. The number of hydrogen-bond donors (Lipinski definition) is 2. The van der Waals surface area contributed by atoms with Crippen molar-refractivity contribution in [3.05, 3.63) is 59.9 Å². The van der Waals surface area contributed by atoms with E-state index in [1.165, 1.54) is 12.1 Å². The quantitative estimate of drug-likeness (QED) is 0.583. The van der Waals surface area contributed by atoms with Gasteiger partial charge in [-0.1, -0.05) is 24.3 Å². The van der Waals surface area contributed by atoms with E-state index in [1.807, 2.05) is 43.3 Å². The summed E-state index contributed by atoms with van der Waals surface area (Å²) >= 11 is 0. The van der Waals surface area contributed by atoms with Gasteiger partial charge in [0.25, 0.3) is 0 Å². The zero-order chi connectivity index (χ0) is 22.5. The molecule has 1 amide bonds. The van der Waals surface area contributed by atoms with Crippen LogP contribution < -0.4 is 15.5 Å². The highest BCUT2D eigenvalue weighted by Gasteiger charge is 2.26. The molecule has 1 aliphatic carbocycles. The van der Waals surface area contributed by atoms with Crippen LogP contribution in [0.2, 0.25) is 0 Å². The van der Waals surface area contributed by atoms with E-state index < -0.39 is 0 Å². The summed E-state index contributed by atoms with van der Waals surface area (Å²) in [6.07, 6.45) is 4.20. The Labute approximate surface area is 188 Å². The van der Waals surface area contributed by atoms with E-state index in [0.29, 0.717) is 18.9 Å². The van der Waals surface area contributed by atoms with Crippen molar-refractivity contribution in [3.8, 4) is 0 Å². The van der Waals surface area contributed by atoms with E-state index >= 15 is 0 Å². The van der Waals surface area contributed by atoms with Crippen molar-refractivity contribution in [1.82, 2.24) is 15.3 Å². The van der Waals surface area contributed by atoms with Crippen molar-refractivity contribution >= 4 is 28.6 Å². The van der Waals surface area contributed by atoms with Gasteiger partial charge in [0.2, 0.25) is 11.9 Å². The van der Waals surface area contributed by atoms with Crippen molar-refractivity contribution in [2.24, 2.45) is 5.92 Å². The molecule has 0 radical (unpaired) electrons. The third-order valence-corrected chi connectivity index (χ3v) is 6.06. The molecule has 168 valence electrons. The number of anilines is 2. The van der Waals surface area contributed by atoms with Crippen molar-refractivity contribution < 1.29 is 9.18 Å². The molecule has 0 aliphatic heterocycles. The minimum atomic E-state index is -0.241. The van der Waals surface area contributed by atoms with E-state index in [2.05, 4.69) is 15.6 Å². The Morgan fingerprint density at radius 1 is 1.03 bits per heavy atom. The number of carbonyl (C=O) groups is 1. The first-order valence-corrected chi connectivity index (χ1v) is 11.2. The summed E-state index contributed by atoms with van der Waals surface area (Å²) in [4.78, 5) is 24.0. The van der Waals surface area contributed by atoms with Crippen molar-refractivity contribution in [3.63, 3.8) is 0 Å². The number of halogens is 1. The lowest BCUT2D eigenvalue weighted by molar-refractivity contribution is -0.125. The number of nitrogens with one attached hydrogen (secondary N) is 2. The summed E-state index contributed by atoms with van der Waals surface area (Å²) in [7, 11) is 3.97. The molecule has 0 bridgehead atoms. The number of fused-ring (bicyclic) bond motifs is 1. The fourth-order valence-electron chi connectivity index (χ4n) is 4.27. The topological polar surface area (TPSA) is 70.2 Å². The fraction of sp³-hybridized carbons (Fsp3) is 0.400. The average molecular weight is 436 g/mol. The lowest BCUT2D eigenvalue weighted by Gasteiger charge is -2.28. The van der Waals surface area contributed by atoms with Crippen LogP contribution in [0.3, 0.4) is 0 Å². The summed E-state index contributed by atoms with van der Waals surface area (Å²) in [6, 6.07) is 14.7. The number of aromatic nitrogens is 2. The van der Waals surface area contributed by atoms with E-state index in [1.54, 1.807) is 12.1 Å². The minimum absolute atomic E-state index is 0.0381. The number of benzene rings is 2. The molecule has 2 N–H and O–H groups in total. The molecule has 0 atom stereocenters. The maximum atomic E-state index is 13.0. The molecule has 1 aromatic heterocycles. The third kappa shape index (κ3) is 5.33. The molecule has 0 saturated heterocycles.